The molecule has 7 heteroatoms. The second-order valence-corrected chi connectivity index (χ2v) is 6.55. The monoisotopic (exact) mass is 375 g/mol. The van der Waals surface area contributed by atoms with Crippen LogP contribution in [-0.4, -0.2) is 4.57 Å². The molecule has 1 aliphatic heterocycles. The van der Waals surface area contributed by atoms with Crippen LogP contribution in [0.25, 0.3) is 0 Å². The predicted molar refractivity (Wildman–Crippen MR) is 96.9 cm³/mol. The van der Waals surface area contributed by atoms with E-state index in [0.717, 1.165) is 5.69 Å². The number of benzene rings is 1. The van der Waals surface area contributed by atoms with Crippen molar-refractivity contribution in [2.45, 2.75) is 26.3 Å². The topological polar surface area (TPSA) is 81.0 Å². The van der Waals surface area contributed by atoms with Crippen LogP contribution in [0.5, 0.6) is 5.75 Å². The van der Waals surface area contributed by atoms with Gasteiger partial charge < -0.3 is 15.0 Å². The van der Waals surface area contributed by atoms with Gasteiger partial charge in [0.1, 0.15) is 17.4 Å². The van der Waals surface area contributed by atoms with Gasteiger partial charge in [0.15, 0.2) is 0 Å². The van der Waals surface area contributed by atoms with Crippen LogP contribution in [0.15, 0.2) is 40.5 Å². The number of nitrogens with zero attached hydrogens (tertiary/aromatic N) is 2. The van der Waals surface area contributed by atoms with Crippen LogP contribution in [0.4, 0.5) is 0 Å². The maximum Gasteiger partial charge on any atom is 0.258 e. The third kappa shape index (κ3) is 2.78. The maximum absolute atomic E-state index is 13.0. The summed E-state index contributed by atoms with van der Waals surface area (Å²) >= 11 is 12.3. The Morgan fingerprint density at radius 2 is 2.08 bits per heavy atom. The van der Waals surface area contributed by atoms with Crippen LogP contribution in [0.2, 0.25) is 10.0 Å². The number of ether oxygens (including phenoxy) is 1. The number of rotatable bonds is 2. The van der Waals surface area contributed by atoms with E-state index in [4.69, 9.17) is 33.7 Å². The molecular weight excluding hydrogens is 361 g/mol. The Bertz CT molecular complexity index is 1000. The van der Waals surface area contributed by atoms with Crippen molar-refractivity contribution in [2.75, 3.05) is 0 Å². The summed E-state index contributed by atoms with van der Waals surface area (Å²) < 4.78 is 7.18. The predicted octanol–water partition coefficient (Wildman–Crippen LogP) is 3.70. The zero-order valence-corrected chi connectivity index (χ0v) is 15.1. The first kappa shape index (κ1) is 17.4. The third-order valence-electron chi connectivity index (χ3n) is 4.28. The summed E-state index contributed by atoms with van der Waals surface area (Å²) in [5.74, 6) is -0.386. The van der Waals surface area contributed by atoms with Crippen molar-refractivity contribution >= 4 is 23.2 Å². The molecule has 0 radical (unpaired) electrons. The fourth-order valence-electron chi connectivity index (χ4n) is 3.13. The molecule has 0 fully saturated rings. The number of nitrogens with two attached hydrogens (primary N) is 1. The molecule has 0 saturated heterocycles. The molecule has 0 saturated carbocycles. The Labute approximate surface area is 154 Å². The van der Waals surface area contributed by atoms with Crippen LogP contribution in [0, 0.1) is 18.3 Å². The molecule has 1 aromatic carbocycles. The summed E-state index contributed by atoms with van der Waals surface area (Å²) in [6.45, 7) is 4.20. The van der Waals surface area contributed by atoms with Crippen molar-refractivity contribution in [3.63, 3.8) is 0 Å². The molecule has 2 heterocycles. The Balaban J connectivity index is 2.38. The highest BCUT2D eigenvalue weighted by Crippen LogP contribution is 2.43. The van der Waals surface area contributed by atoms with E-state index >= 15 is 0 Å². The smallest absolute Gasteiger partial charge is 0.258 e. The van der Waals surface area contributed by atoms with Gasteiger partial charge in [-0.25, -0.2) is 0 Å². The molecule has 1 aromatic heterocycles. The second kappa shape index (κ2) is 6.47. The molecule has 0 bridgehead atoms. The lowest BCUT2D eigenvalue weighted by Gasteiger charge is -2.27. The van der Waals surface area contributed by atoms with Crippen LogP contribution in [0.3, 0.4) is 0 Å². The van der Waals surface area contributed by atoms with Gasteiger partial charge in [0.25, 0.3) is 5.56 Å². The minimum Gasteiger partial charge on any atom is -0.440 e. The van der Waals surface area contributed by atoms with E-state index in [1.807, 2.05) is 13.8 Å². The number of allylic oxidation sites excluding steroid dienone is 1. The fourth-order valence-corrected chi connectivity index (χ4v) is 3.64. The van der Waals surface area contributed by atoms with E-state index in [1.54, 1.807) is 28.8 Å². The summed E-state index contributed by atoms with van der Waals surface area (Å²) in [5, 5.41) is 10.4. The van der Waals surface area contributed by atoms with Gasteiger partial charge in [0.05, 0.1) is 11.5 Å². The van der Waals surface area contributed by atoms with Crippen molar-refractivity contribution in [3.05, 3.63) is 72.9 Å². The van der Waals surface area contributed by atoms with Crippen LogP contribution < -0.4 is 16.0 Å². The average Bonchev–Trinajstić information content (AvgIpc) is 2.54. The first-order valence-electron chi connectivity index (χ1n) is 7.65. The molecule has 1 atom stereocenters. The highest BCUT2D eigenvalue weighted by atomic mass is 35.5. The van der Waals surface area contributed by atoms with Crippen molar-refractivity contribution < 1.29 is 4.74 Å². The summed E-state index contributed by atoms with van der Waals surface area (Å²) in [7, 11) is 0. The van der Waals surface area contributed by atoms with Crippen molar-refractivity contribution in [3.8, 4) is 11.8 Å². The summed E-state index contributed by atoms with van der Waals surface area (Å²) in [4.78, 5) is 13.0. The first-order chi connectivity index (χ1) is 11.9. The van der Waals surface area contributed by atoms with Crippen molar-refractivity contribution in [1.82, 2.24) is 4.57 Å². The van der Waals surface area contributed by atoms with Gasteiger partial charge in [-0.1, -0.05) is 29.3 Å². The quantitative estimate of drug-likeness (QED) is 0.867. The van der Waals surface area contributed by atoms with Gasteiger partial charge in [-0.05, 0) is 31.5 Å². The molecular formula is C18H15Cl2N3O2. The van der Waals surface area contributed by atoms with E-state index in [1.165, 1.54) is 0 Å². The van der Waals surface area contributed by atoms with E-state index in [0.29, 0.717) is 33.5 Å². The van der Waals surface area contributed by atoms with E-state index in [2.05, 4.69) is 6.07 Å². The number of hydrogen-bond donors (Lipinski definition) is 1. The molecule has 0 spiro atoms. The first-order valence-corrected chi connectivity index (χ1v) is 8.41. The van der Waals surface area contributed by atoms with Crippen LogP contribution in [-0.2, 0) is 6.54 Å². The SMILES string of the molecule is CCn1c(C)cc2c(c1=O)[C@@H](c1ccc(Cl)cc1Cl)C(C#N)=C(N)O2. The van der Waals surface area contributed by atoms with Gasteiger partial charge in [0.2, 0.25) is 5.88 Å². The number of fused-ring (bicyclic) bond motifs is 1. The van der Waals surface area contributed by atoms with Gasteiger partial charge in [-0.3, -0.25) is 4.79 Å². The number of aromatic nitrogens is 1. The molecule has 3 rings (SSSR count). The van der Waals surface area contributed by atoms with Gasteiger partial charge >= 0.3 is 0 Å². The van der Waals surface area contributed by atoms with Gasteiger partial charge in [0, 0.05) is 28.4 Å². The second-order valence-electron chi connectivity index (χ2n) is 5.70. The minimum absolute atomic E-state index is 0.0286. The zero-order valence-electron chi connectivity index (χ0n) is 13.6. The number of hydrogen-bond acceptors (Lipinski definition) is 4. The zero-order chi connectivity index (χ0) is 18.3. The summed E-state index contributed by atoms with van der Waals surface area (Å²) in [5.41, 5.74) is 7.55. The largest absolute Gasteiger partial charge is 0.440 e. The summed E-state index contributed by atoms with van der Waals surface area (Å²) in [6.07, 6.45) is 0. The lowest BCUT2D eigenvalue weighted by atomic mass is 9.84. The molecule has 2 aromatic rings. The lowest BCUT2D eigenvalue weighted by Crippen LogP contribution is -2.32. The Morgan fingerprint density at radius 1 is 1.36 bits per heavy atom. The molecule has 5 nitrogen and oxygen atoms in total. The Hall–Kier alpha value is -2.42. The Morgan fingerprint density at radius 3 is 2.68 bits per heavy atom. The number of pyridine rings is 1. The maximum atomic E-state index is 13.0. The summed E-state index contributed by atoms with van der Waals surface area (Å²) in [6, 6.07) is 8.74. The van der Waals surface area contributed by atoms with E-state index < -0.39 is 5.92 Å². The number of aryl methyl sites for hydroxylation is 1. The van der Waals surface area contributed by atoms with E-state index in [9.17, 15) is 10.1 Å². The van der Waals surface area contributed by atoms with Crippen molar-refractivity contribution in [1.29, 1.82) is 5.26 Å². The van der Waals surface area contributed by atoms with Gasteiger partial charge in [-0.2, -0.15) is 5.26 Å². The van der Waals surface area contributed by atoms with Crippen molar-refractivity contribution in [2.24, 2.45) is 5.73 Å². The minimum atomic E-state index is -0.704. The molecule has 1 aliphatic rings. The Kier molecular flexibility index (Phi) is 4.51. The lowest BCUT2D eigenvalue weighted by molar-refractivity contribution is 0.388. The molecule has 0 unspecified atom stereocenters. The number of halogens is 2. The standard InChI is InChI=1S/C18H15Cl2N3O2/c1-3-23-9(2)6-14-16(18(23)24)15(12(8-21)17(22)25-14)11-5-4-10(19)7-13(11)20/h4-7,15H,3,22H2,1-2H3/t15-/m0/s1. The fraction of sp³-hybridized carbons (Fsp3) is 0.222. The molecule has 128 valence electrons. The normalized spacial score (nSPS) is 16.2. The third-order valence-corrected chi connectivity index (χ3v) is 4.84. The molecule has 0 aliphatic carbocycles. The van der Waals surface area contributed by atoms with Crippen LogP contribution in [0.1, 0.15) is 29.7 Å². The molecule has 25 heavy (non-hydrogen) atoms. The van der Waals surface area contributed by atoms with Crippen LogP contribution >= 0.6 is 23.2 Å². The molecule has 0 amide bonds. The highest BCUT2D eigenvalue weighted by Gasteiger charge is 2.35. The van der Waals surface area contributed by atoms with Gasteiger partial charge in [-0.15, -0.1) is 0 Å². The van der Waals surface area contributed by atoms with E-state index in [-0.39, 0.29) is 17.0 Å². The highest BCUT2D eigenvalue weighted by molar-refractivity contribution is 6.35. The number of nitriles is 1. The molecule has 2 N–H and O–H groups in total. The average molecular weight is 376 g/mol.